The summed E-state index contributed by atoms with van der Waals surface area (Å²) in [6.45, 7) is 12.2. The van der Waals surface area contributed by atoms with Crippen LogP contribution in [0.1, 0.15) is 72.6 Å². The highest BCUT2D eigenvalue weighted by atomic mass is 32.1. The standard InChI is InChI=1S/C25H28N6O2S/c1-14(2)19-13-18(20-15(3)30-31(21(20)28-19)25(4,5)6)23(33)27-17-9-7-16(8-10-17)22(32)29-24-26-11-12-34-24/h7-14H,1-6H3,(H,27,33)(H,26,29,32). The number of rotatable bonds is 5. The number of pyridine rings is 1. The molecule has 3 heterocycles. The lowest BCUT2D eigenvalue weighted by Crippen LogP contribution is -2.24. The van der Waals surface area contributed by atoms with E-state index in [9.17, 15) is 9.59 Å². The molecule has 0 radical (unpaired) electrons. The molecule has 0 fully saturated rings. The lowest BCUT2D eigenvalue weighted by Gasteiger charge is -2.20. The molecule has 0 aliphatic heterocycles. The molecule has 0 atom stereocenters. The molecule has 1 aromatic carbocycles. The van der Waals surface area contributed by atoms with Crippen LogP contribution in [0, 0.1) is 6.92 Å². The number of aromatic nitrogens is 4. The van der Waals surface area contributed by atoms with Gasteiger partial charge in [0.15, 0.2) is 10.8 Å². The third kappa shape index (κ3) is 4.70. The van der Waals surface area contributed by atoms with Gasteiger partial charge >= 0.3 is 0 Å². The molecule has 3 aromatic heterocycles. The predicted molar refractivity (Wildman–Crippen MR) is 136 cm³/mol. The van der Waals surface area contributed by atoms with Gasteiger partial charge in [-0.2, -0.15) is 5.10 Å². The summed E-state index contributed by atoms with van der Waals surface area (Å²) in [4.78, 5) is 34.7. The minimum absolute atomic E-state index is 0.148. The largest absolute Gasteiger partial charge is 0.322 e. The van der Waals surface area contributed by atoms with Crippen LogP contribution >= 0.6 is 11.3 Å². The van der Waals surface area contributed by atoms with Crippen molar-refractivity contribution in [2.45, 2.75) is 53.0 Å². The SMILES string of the molecule is Cc1nn(C(C)(C)C)c2nc(C(C)C)cc(C(=O)Nc3ccc(C(=O)Nc4nccs4)cc3)c12. The van der Waals surface area contributed by atoms with Crippen LogP contribution < -0.4 is 10.6 Å². The Morgan fingerprint density at radius 2 is 1.76 bits per heavy atom. The predicted octanol–water partition coefficient (Wildman–Crippen LogP) is 5.58. The summed E-state index contributed by atoms with van der Waals surface area (Å²) >= 11 is 1.35. The third-order valence-electron chi connectivity index (χ3n) is 5.36. The quantitative estimate of drug-likeness (QED) is 0.392. The molecule has 2 amide bonds. The minimum atomic E-state index is -0.280. The molecule has 4 aromatic rings. The van der Waals surface area contributed by atoms with Gasteiger partial charge in [-0.05, 0) is 63.9 Å². The maximum Gasteiger partial charge on any atom is 0.257 e. The molecule has 0 aliphatic rings. The van der Waals surface area contributed by atoms with Gasteiger partial charge in [-0.25, -0.2) is 14.6 Å². The normalized spacial score (nSPS) is 11.7. The van der Waals surface area contributed by atoms with E-state index in [1.54, 1.807) is 35.8 Å². The molecule has 0 saturated heterocycles. The smallest absolute Gasteiger partial charge is 0.257 e. The first-order valence-electron chi connectivity index (χ1n) is 11.1. The van der Waals surface area contributed by atoms with Crippen LogP contribution in [0.2, 0.25) is 0 Å². The zero-order valence-corrected chi connectivity index (χ0v) is 20.9. The second-order valence-electron chi connectivity index (χ2n) is 9.44. The van der Waals surface area contributed by atoms with Gasteiger partial charge in [0.2, 0.25) is 0 Å². The molecule has 8 nitrogen and oxygen atoms in total. The average Bonchev–Trinajstić information content (AvgIpc) is 3.41. The van der Waals surface area contributed by atoms with Crippen LogP contribution in [-0.2, 0) is 5.54 Å². The summed E-state index contributed by atoms with van der Waals surface area (Å²) in [6, 6.07) is 8.61. The number of hydrogen-bond acceptors (Lipinski definition) is 6. The first kappa shape index (κ1) is 23.6. The van der Waals surface area contributed by atoms with Crippen LogP contribution in [0.15, 0.2) is 41.9 Å². The Hall–Kier alpha value is -3.59. The van der Waals surface area contributed by atoms with Crippen LogP contribution in [0.3, 0.4) is 0 Å². The molecule has 2 N–H and O–H groups in total. The van der Waals surface area contributed by atoms with Gasteiger partial charge < -0.3 is 5.32 Å². The Morgan fingerprint density at radius 3 is 2.35 bits per heavy atom. The van der Waals surface area contributed by atoms with E-state index in [2.05, 4.69) is 50.2 Å². The minimum Gasteiger partial charge on any atom is -0.322 e. The molecular formula is C25H28N6O2S. The molecule has 0 saturated carbocycles. The first-order chi connectivity index (χ1) is 16.0. The zero-order valence-electron chi connectivity index (χ0n) is 20.1. The fourth-order valence-corrected chi connectivity index (χ4v) is 4.13. The molecule has 34 heavy (non-hydrogen) atoms. The fourth-order valence-electron chi connectivity index (χ4n) is 3.61. The Kier molecular flexibility index (Phi) is 6.22. The van der Waals surface area contributed by atoms with E-state index in [1.165, 1.54) is 11.3 Å². The van der Waals surface area contributed by atoms with E-state index < -0.39 is 0 Å². The molecule has 4 rings (SSSR count). The average molecular weight is 477 g/mol. The summed E-state index contributed by atoms with van der Waals surface area (Å²) < 4.78 is 1.89. The Balaban J connectivity index is 1.64. The topological polar surface area (TPSA) is 102 Å². The first-order valence-corrected chi connectivity index (χ1v) is 12.0. The summed E-state index contributed by atoms with van der Waals surface area (Å²) in [5.74, 6) is -0.350. The molecule has 0 bridgehead atoms. The van der Waals surface area contributed by atoms with Gasteiger partial charge in [-0.15, -0.1) is 11.3 Å². The number of thiazole rings is 1. The summed E-state index contributed by atoms with van der Waals surface area (Å²) in [5, 5.41) is 13.5. The highest BCUT2D eigenvalue weighted by molar-refractivity contribution is 7.13. The van der Waals surface area contributed by atoms with E-state index in [1.807, 2.05) is 17.7 Å². The van der Waals surface area contributed by atoms with E-state index in [0.717, 1.165) is 16.8 Å². The van der Waals surface area contributed by atoms with Gasteiger partial charge in [0.05, 0.1) is 22.2 Å². The van der Waals surface area contributed by atoms with E-state index in [0.29, 0.717) is 27.6 Å². The molecule has 0 spiro atoms. The van der Waals surface area contributed by atoms with Crippen LogP contribution in [0.25, 0.3) is 11.0 Å². The van der Waals surface area contributed by atoms with Crippen LogP contribution in [-0.4, -0.2) is 31.6 Å². The Morgan fingerprint density at radius 1 is 1.06 bits per heavy atom. The number of anilines is 2. The lowest BCUT2D eigenvalue weighted by molar-refractivity contribution is 0.102. The maximum absolute atomic E-state index is 13.4. The third-order valence-corrected chi connectivity index (χ3v) is 6.05. The number of nitrogens with zero attached hydrogens (tertiary/aromatic N) is 4. The number of benzene rings is 1. The Bertz CT molecular complexity index is 1350. The van der Waals surface area contributed by atoms with Crippen molar-refractivity contribution in [1.82, 2.24) is 19.7 Å². The summed E-state index contributed by atoms with van der Waals surface area (Å²) in [5.41, 5.74) is 3.61. The van der Waals surface area contributed by atoms with Gasteiger partial charge in [0, 0.05) is 28.5 Å². The van der Waals surface area contributed by atoms with Gasteiger partial charge in [0.25, 0.3) is 11.8 Å². The summed E-state index contributed by atoms with van der Waals surface area (Å²) in [7, 11) is 0. The van der Waals surface area contributed by atoms with Crippen molar-refractivity contribution in [3.63, 3.8) is 0 Å². The number of nitrogens with one attached hydrogen (secondary N) is 2. The Labute approximate surface area is 202 Å². The lowest BCUT2D eigenvalue weighted by atomic mass is 10.0. The number of fused-ring (bicyclic) bond motifs is 1. The van der Waals surface area contributed by atoms with Crippen molar-refractivity contribution in [2.75, 3.05) is 10.6 Å². The highest BCUT2D eigenvalue weighted by Crippen LogP contribution is 2.29. The second-order valence-corrected chi connectivity index (χ2v) is 10.3. The fraction of sp³-hybridized carbons (Fsp3) is 0.320. The number of carbonyl (C=O) groups excluding carboxylic acids is 2. The van der Waals surface area contributed by atoms with Crippen molar-refractivity contribution >= 4 is 45.0 Å². The molecule has 176 valence electrons. The molecule has 0 aliphatic carbocycles. The van der Waals surface area contributed by atoms with Crippen molar-refractivity contribution in [3.05, 3.63) is 64.4 Å². The number of hydrogen-bond donors (Lipinski definition) is 2. The number of amides is 2. The molecular weight excluding hydrogens is 448 g/mol. The van der Waals surface area contributed by atoms with Crippen molar-refractivity contribution in [3.8, 4) is 0 Å². The second kappa shape index (κ2) is 8.98. The highest BCUT2D eigenvalue weighted by Gasteiger charge is 2.25. The van der Waals surface area contributed by atoms with E-state index >= 15 is 0 Å². The van der Waals surface area contributed by atoms with Crippen LogP contribution in [0.5, 0.6) is 0 Å². The number of carbonyl (C=O) groups is 2. The van der Waals surface area contributed by atoms with Crippen molar-refractivity contribution in [1.29, 1.82) is 0 Å². The van der Waals surface area contributed by atoms with Gasteiger partial charge in [-0.1, -0.05) is 13.8 Å². The van der Waals surface area contributed by atoms with E-state index in [-0.39, 0.29) is 23.3 Å². The molecule has 0 unspecified atom stereocenters. The van der Waals surface area contributed by atoms with Crippen LogP contribution in [0.4, 0.5) is 10.8 Å². The van der Waals surface area contributed by atoms with Gasteiger partial charge in [0.1, 0.15) is 0 Å². The van der Waals surface area contributed by atoms with E-state index in [4.69, 9.17) is 10.1 Å². The zero-order chi connectivity index (χ0) is 24.6. The number of aryl methyl sites for hydroxylation is 1. The molecule has 9 heteroatoms. The van der Waals surface area contributed by atoms with Gasteiger partial charge in [-0.3, -0.25) is 14.9 Å². The van der Waals surface area contributed by atoms with Crippen molar-refractivity contribution < 1.29 is 9.59 Å². The maximum atomic E-state index is 13.4. The summed E-state index contributed by atoms with van der Waals surface area (Å²) in [6.07, 6.45) is 1.63. The van der Waals surface area contributed by atoms with Crippen molar-refractivity contribution in [2.24, 2.45) is 0 Å². The monoisotopic (exact) mass is 476 g/mol.